The third-order valence-corrected chi connectivity index (χ3v) is 6.34. The molecule has 4 saturated heterocycles. The van der Waals surface area contributed by atoms with Gasteiger partial charge in [0.1, 0.15) is 0 Å². The standard InChI is InChI=1S/C17H26O5/c1-4-5-12-13-10(2)6-7-11-8-9-19-15-17(11,13)22-21-16(3,20-15)14(12)18/h10-13,15H,4-9H2,1-3H3. The molecule has 1 spiro atoms. The van der Waals surface area contributed by atoms with Crippen LogP contribution in [0.5, 0.6) is 0 Å². The normalized spacial score (nSPS) is 54.0. The summed E-state index contributed by atoms with van der Waals surface area (Å²) in [7, 11) is 0. The van der Waals surface area contributed by atoms with Gasteiger partial charge in [-0.05, 0) is 37.5 Å². The van der Waals surface area contributed by atoms with Gasteiger partial charge in [0.25, 0.3) is 5.79 Å². The van der Waals surface area contributed by atoms with Crippen molar-refractivity contribution in [3.05, 3.63) is 0 Å². The Hall–Kier alpha value is -0.490. The molecule has 7 atom stereocenters. The summed E-state index contributed by atoms with van der Waals surface area (Å²) in [5, 5.41) is 0. The average Bonchev–Trinajstić information content (AvgIpc) is 2.65. The van der Waals surface area contributed by atoms with Crippen molar-refractivity contribution in [1.29, 1.82) is 0 Å². The van der Waals surface area contributed by atoms with Gasteiger partial charge in [-0.25, -0.2) is 4.89 Å². The first-order chi connectivity index (χ1) is 10.5. The van der Waals surface area contributed by atoms with Crippen molar-refractivity contribution in [2.24, 2.45) is 23.7 Å². The number of ether oxygens (including phenoxy) is 2. The van der Waals surface area contributed by atoms with Crippen LogP contribution < -0.4 is 0 Å². The molecule has 5 rings (SSSR count). The van der Waals surface area contributed by atoms with Gasteiger partial charge < -0.3 is 9.47 Å². The van der Waals surface area contributed by atoms with Crippen LogP contribution in [-0.4, -0.2) is 30.1 Å². The van der Waals surface area contributed by atoms with Crippen molar-refractivity contribution in [2.45, 2.75) is 70.6 Å². The maximum atomic E-state index is 13.1. The van der Waals surface area contributed by atoms with Crippen LogP contribution in [0.25, 0.3) is 0 Å². The Labute approximate surface area is 131 Å². The van der Waals surface area contributed by atoms with E-state index in [1.54, 1.807) is 6.92 Å². The molecule has 1 saturated carbocycles. The zero-order valence-corrected chi connectivity index (χ0v) is 13.7. The number of ketones is 1. The first-order valence-corrected chi connectivity index (χ1v) is 8.73. The minimum Gasteiger partial charge on any atom is -0.349 e. The molecule has 7 unspecified atom stereocenters. The second-order valence-electron chi connectivity index (χ2n) is 7.61. The molecule has 0 amide bonds. The predicted molar refractivity (Wildman–Crippen MR) is 77.5 cm³/mol. The smallest absolute Gasteiger partial charge is 0.260 e. The van der Waals surface area contributed by atoms with Crippen LogP contribution >= 0.6 is 0 Å². The van der Waals surface area contributed by atoms with Gasteiger partial charge >= 0.3 is 0 Å². The molecule has 4 heterocycles. The third-order valence-electron chi connectivity index (χ3n) is 6.34. The molecule has 0 aromatic rings. The van der Waals surface area contributed by atoms with Gasteiger partial charge in [-0.15, -0.1) is 0 Å². The Kier molecular flexibility index (Phi) is 3.42. The Balaban J connectivity index is 1.86. The van der Waals surface area contributed by atoms with Crippen LogP contribution in [0.3, 0.4) is 0 Å². The van der Waals surface area contributed by atoms with Crippen LogP contribution in [0.4, 0.5) is 0 Å². The second-order valence-corrected chi connectivity index (χ2v) is 7.61. The average molecular weight is 310 g/mol. The molecule has 5 aliphatic rings. The number of rotatable bonds is 2. The molecule has 1 aliphatic carbocycles. The molecule has 0 N–H and O–H groups in total. The SMILES string of the molecule is CCCC1C(=O)C2(C)OOC34C(CCOC3O2)CCC(C)C14. The zero-order chi connectivity index (χ0) is 15.5. The highest BCUT2D eigenvalue weighted by Crippen LogP contribution is 2.59. The van der Waals surface area contributed by atoms with E-state index in [9.17, 15) is 4.79 Å². The molecule has 0 radical (unpaired) electrons. The fourth-order valence-electron chi connectivity index (χ4n) is 5.35. The molecule has 5 heteroatoms. The third kappa shape index (κ3) is 1.77. The maximum absolute atomic E-state index is 13.1. The van der Waals surface area contributed by atoms with E-state index in [2.05, 4.69) is 13.8 Å². The number of Topliss-reactive ketones (excluding diaryl/α,β-unsaturated/α-hetero) is 1. The summed E-state index contributed by atoms with van der Waals surface area (Å²) in [5.74, 6) is -0.484. The Morgan fingerprint density at radius 3 is 2.82 bits per heavy atom. The van der Waals surface area contributed by atoms with Crippen LogP contribution in [0.2, 0.25) is 0 Å². The molecule has 5 nitrogen and oxygen atoms in total. The largest absolute Gasteiger partial charge is 0.349 e. The minimum absolute atomic E-state index is 0.0294. The molecule has 5 fully saturated rings. The number of hydrogen-bond donors (Lipinski definition) is 0. The molecule has 0 aromatic carbocycles. The predicted octanol–water partition coefficient (Wildman–Crippen LogP) is 2.83. The van der Waals surface area contributed by atoms with Crippen molar-refractivity contribution < 1.29 is 24.0 Å². The molecular formula is C17H26O5. The van der Waals surface area contributed by atoms with Gasteiger partial charge in [0.2, 0.25) is 0 Å². The first-order valence-electron chi connectivity index (χ1n) is 8.73. The zero-order valence-electron chi connectivity index (χ0n) is 13.7. The van der Waals surface area contributed by atoms with Crippen LogP contribution in [0.15, 0.2) is 0 Å². The van der Waals surface area contributed by atoms with E-state index in [-0.39, 0.29) is 17.6 Å². The number of fused-ring (bicyclic) bond motifs is 2. The molecule has 124 valence electrons. The Morgan fingerprint density at radius 2 is 2.05 bits per heavy atom. The highest BCUT2D eigenvalue weighted by molar-refractivity contribution is 5.88. The lowest BCUT2D eigenvalue weighted by Crippen LogP contribution is -2.67. The van der Waals surface area contributed by atoms with E-state index in [0.717, 1.165) is 32.1 Å². The lowest BCUT2D eigenvalue weighted by molar-refractivity contribution is -0.554. The number of carbonyl (C=O) groups excluding carboxylic acids is 1. The van der Waals surface area contributed by atoms with E-state index in [1.807, 2.05) is 0 Å². The maximum Gasteiger partial charge on any atom is 0.260 e. The topological polar surface area (TPSA) is 54.0 Å². The van der Waals surface area contributed by atoms with Gasteiger partial charge in [-0.2, -0.15) is 4.89 Å². The van der Waals surface area contributed by atoms with Crippen molar-refractivity contribution in [3.8, 4) is 0 Å². The summed E-state index contributed by atoms with van der Waals surface area (Å²) >= 11 is 0. The fraction of sp³-hybridized carbons (Fsp3) is 0.941. The number of hydrogen-bond acceptors (Lipinski definition) is 5. The highest BCUT2D eigenvalue weighted by Gasteiger charge is 2.71. The molecule has 4 aliphatic heterocycles. The van der Waals surface area contributed by atoms with E-state index >= 15 is 0 Å². The monoisotopic (exact) mass is 310 g/mol. The van der Waals surface area contributed by atoms with Crippen molar-refractivity contribution in [2.75, 3.05) is 6.61 Å². The minimum atomic E-state index is -1.32. The molecule has 0 aromatic heterocycles. The van der Waals surface area contributed by atoms with Gasteiger partial charge in [-0.1, -0.05) is 20.3 Å². The summed E-state index contributed by atoms with van der Waals surface area (Å²) in [6.45, 7) is 6.72. The summed E-state index contributed by atoms with van der Waals surface area (Å²) in [6.07, 6.45) is 4.54. The van der Waals surface area contributed by atoms with Crippen molar-refractivity contribution >= 4 is 5.78 Å². The molecule has 22 heavy (non-hydrogen) atoms. The lowest BCUT2D eigenvalue weighted by atomic mass is 9.57. The van der Waals surface area contributed by atoms with Crippen LogP contribution in [0.1, 0.15) is 52.9 Å². The van der Waals surface area contributed by atoms with Crippen molar-refractivity contribution in [1.82, 2.24) is 0 Å². The molecule has 2 bridgehead atoms. The van der Waals surface area contributed by atoms with Crippen molar-refractivity contribution in [3.63, 3.8) is 0 Å². The Bertz CT molecular complexity index is 480. The van der Waals surface area contributed by atoms with Gasteiger partial charge in [0.15, 0.2) is 17.7 Å². The number of carbonyl (C=O) groups is 1. The highest BCUT2D eigenvalue weighted by atomic mass is 17.3. The quantitative estimate of drug-likeness (QED) is 0.734. The van der Waals surface area contributed by atoms with Gasteiger partial charge in [0, 0.05) is 18.8 Å². The lowest BCUT2D eigenvalue weighted by Gasteiger charge is -2.57. The first kappa shape index (κ1) is 15.1. The van der Waals surface area contributed by atoms with E-state index in [0.29, 0.717) is 18.4 Å². The fourth-order valence-corrected chi connectivity index (χ4v) is 5.35. The van der Waals surface area contributed by atoms with Crippen LogP contribution in [0, 0.1) is 23.7 Å². The van der Waals surface area contributed by atoms with Crippen LogP contribution in [-0.2, 0) is 24.0 Å². The van der Waals surface area contributed by atoms with E-state index < -0.39 is 17.7 Å². The summed E-state index contributed by atoms with van der Waals surface area (Å²) in [6, 6.07) is 0. The Morgan fingerprint density at radius 1 is 1.23 bits per heavy atom. The van der Waals surface area contributed by atoms with E-state index in [4.69, 9.17) is 19.2 Å². The summed E-state index contributed by atoms with van der Waals surface area (Å²) in [5.41, 5.74) is -0.610. The van der Waals surface area contributed by atoms with Gasteiger partial charge in [-0.3, -0.25) is 4.79 Å². The summed E-state index contributed by atoms with van der Waals surface area (Å²) in [4.78, 5) is 24.7. The van der Waals surface area contributed by atoms with Gasteiger partial charge in [0.05, 0.1) is 6.61 Å². The summed E-state index contributed by atoms with van der Waals surface area (Å²) < 4.78 is 12.0. The molecular weight excluding hydrogens is 284 g/mol. The second kappa shape index (κ2) is 5.00. The van der Waals surface area contributed by atoms with E-state index in [1.165, 1.54) is 0 Å².